The topological polar surface area (TPSA) is 37.8 Å². The highest BCUT2D eigenvalue weighted by Crippen LogP contribution is 2.39. The fourth-order valence-electron chi connectivity index (χ4n) is 1.99. The molecule has 1 heterocycles. The van der Waals surface area contributed by atoms with Crippen molar-refractivity contribution in [2.75, 3.05) is 0 Å². The van der Waals surface area contributed by atoms with Crippen LogP contribution >= 0.6 is 0 Å². The van der Waals surface area contributed by atoms with Crippen LogP contribution in [-0.4, -0.2) is 9.78 Å². The van der Waals surface area contributed by atoms with Gasteiger partial charge in [0.25, 0.3) is 5.56 Å². The number of hydrogen-bond donors (Lipinski definition) is 1. The summed E-state index contributed by atoms with van der Waals surface area (Å²) in [6, 6.07) is 9.92. The molecule has 0 saturated heterocycles. The summed E-state index contributed by atoms with van der Waals surface area (Å²) in [7, 11) is 0. The van der Waals surface area contributed by atoms with Crippen LogP contribution in [0.15, 0.2) is 35.1 Å². The van der Waals surface area contributed by atoms with E-state index in [0.717, 1.165) is 11.4 Å². The van der Waals surface area contributed by atoms with Gasteiger partial charge >= 0.3 is 0 Å². The third-order valence-corrected chi connectivity index (χ3v) is 3.05. The van der Waals surface area contributed by atoms with Crippen LogP contribution in [0.4, 0.5) is 0 Å². The van der Waals surface area contributed by atoms with E-state index in [-0.39, 0.29) is 5.56 Å². The van der Waals surface area contributed by atoms with Gasteiger partial charge in [0, 0.05) is 17.7 Å². The van der Waals surface area contributed by atoms with Crippen LogP contribution in [-0.2, 0) is 0 Å². The Bertz CT molecular complexity index is 558. The lowest BCUT2D eigenvalue weighted by Crippen LogP contribution is -2.04. The quantitative estimate of drug-likeness (QED) is 0.818. The first-order valence-corrected chi connectivity index (χ1v) is 5.63. The van der Waals surface area contributed by atoms with E-state index in [4.69, 9.17) is 0 Å². The second kappa shape index (κ2) is 3.37. The van der Waals surface area contributed by atoms with E-state index >= 15 is 0 Å². The molecule has 1 saturated carbocycles. The average Bonchev–Trinajstić information content (AvgIpc) is 3.04. The first-order chi connectivity index (χ1) is 7.74. The fourth-order valence-corrected chi connectivity index (χ4v) is 1.99. The molecule has 0 radical (unpaired) electrons. The van der Waals surface area contributed by atoms with Gasteiger partial charge in [-0.15, -0.1) is 0 Å². The Kier molecular flexibility index (Phi) is 1.99. The highest BCUT2D eigenvalue weighted by Gasteiger charge is 2.27. The second-order valence-electron chi connectivity index (χ2n) is 4.49. The fraction of sp³-hybridized carbons (Fsp3) is 0.308. The lowest BCUT2D eigenvalue weighted by molar-refractivity contribution is 0.799. The van der Waals surface area contributed by atoms with Gasteiger partial charge in [0.15, 0.2) is 0 Å². The molecule has 0 amide bonds. The molecule has 3 nitrogen and oxygen atoms in total. The van der Waals surface area contributed by atoms with Crippen molar-refractivity contribution in [1.29, 1.82) is 0 Å². The summed E-state index contributed by atoms with van der Waals surface area (Å²) in [4.78, 5) is 11.4. The maximum atomic E-state index is 11.4. The molecule has 16 heavy (non-hydrogen) atoms. The predicted molar refractivity (Wildman–Crippen MR) is 63.1 cm³/mol. The number of aryl methyl sites for hydroxylation is 1. The van der Waals surface area contributed by atoms with E-state index in [1.165, 1.54) is 18.4 Å². The van der Waals surface area contributed by atoms with E-state index in [2.05, 4.69) is 24.2 Å². The first-order valence-electron chi connectivity index (χ1n) is 5.63. The maximum Gasteiger partial charge on any atom is 0.264 e. The number of benzene rings is 1. The Balaban J connectivity index is 2.11. The number of rotatable bonds is 2. The molecule has 1 fully saturated rings. The van der Waals surface area contributed by atoms with Crippen LogP contribution in [0.1, 0.15) is 30.0 Å². The van der Waals surface area contributed by atoms with Gasteiger partial charge in [-0.1, -0.05) is 17.7 Å². The zero-order chi connectivity index (χ0) is 11.1. The average molecular weight is 214 g/mol. The highest BCUT2D eigenvalue weighted by molar-refractivity contribution is 5.36. The van der Waals surface area contributed by atoms with Gasteiger partial charge in [-0.25, -0.2) is 0 Å². The third-order valence-electron chi connectivity index (χ3n) is 3.05. The van der Waals surface area contributed by atoms with Crippen LogP contribution in [0, 0.1) is 6.92 Å². The second-order valence-corrected chi connectivity index (χ2v) is 4.49. The van der Waals surface area contributed by atoms with Crippen molar-refractivity contribution >= 4 is 0 Å². The molecule has 3 rings (SSSR count). The maximum absolute atomic E-state index is 11.4. The minimum Gasteiger partial charge on any atom is -0.268 e. The van der Waals surface area contributed by atoms with Crippen molar-refractivity contribution in [3.8, 4) is 5.69 Å². The van der Waals surface area contributed by atoms with Crippen LogP contribution in [0.3, 0.4) is 0 Å². The van der Waals surface area contributed by atoms with Gasteiger partial charge in [-0.2, -0.15) is 0 Å². The highest BCUT2D eigenvalue weighted by atomic mass is 16.1. The van der Waals surface area contributed by atoms with Crippen LogP contribution in [0.5, 0.6) is 0 Å². The van der Waals surface area contributed by atoms with Crippen LogP contribution in [0.25, 0.3) is 5.69 Å². The van der Waals surface area contributed by atoms with Crippen molar-refractivity contribution in [2.45, 2.75) is 25.7 Å². The standard InChI is InChI=1S/C13H14N2O/c1-9-2-6-11(7-3-9)15-12(10-4-5-10)8-13(16)14-15/h2-3,6-8,10H,4-5H2,1H3,(H,14,16). The first kappa shape index (κ1) is 9.46. The van der Waals surface area contributed by atoms with Gasteiger partial charge in [-0.05, 0) is 31.9 Å². The van der Waals surface area contributed by atoms with Crippen molar-refractivity contribution in [1.82, 2.24) is 9.78 Å². The van der Waals surface area contributed by atoms with E-state index < -0.39 is 0 Å². The zero-order valence-electron chi connectivity index (χ0n) is 9.23. The molecule has 1 aliphatic rings. The number of nitrogens with one attached hydrogen (secondary N) is 1. The molecular weight excluding hydrogens is 200 g/mol. The molecule has 1 N–H and O–H groups in total. The molecule has 2 aromatic rings. The summed E-state index contributed by atoms with van der Waals surface area (Å²) < 4.78 is 1.92. The summed E-state index contributed by atoms with van der Waals surface area (Å²) >= 11 is 0. The van der Waals surface area contributed by atoms with E-state index in [1.54, 1.807) is 6.07 Å². The minimum absolute atomic E-state index is 0.0116. The Morgan fingerprint density at radius 3 is 2.56 bits per heavy atom. The lowest BCUT2D eigenvalue weighted by Gasteiger charge is -2.07. The zero-order valence-corrected chi connectivity index (χ0v) is 9.23. The molecule has 0 bridgehead atoms. The van der Waals surface area contributed by atoms with Crippen molar-refractivity contribution in [3.05, 3.63) is 51.9 Å². The summed E-state index contributed by atoms with van der Waals surface area (Å²) in [5, 5.41) is 2.86. The van der Waals surface area contributed by atoms with Crippen LogP contribution in [0.2, 0.25) is 0 Å². The molecular formula is C13H14N2O. The Morgan fingerprint density at radius 1 is 1.25 bits per heavy atom. The van der Waals surface area contributed by atoms with E-state index in [9.17, 15) is 4.79 Å². The number of aromatic nitrogens is 2. The summed E-state index contributed by atoms with van der Waals surface area (Å²) in [6.07, 6.45) is 2.40. The minimum atomic E-state index is -0.0116. The molecule has 82 valence electrons. The Labute approximate surface area is 93.7 Å². The summed E-state index contributed by atoms with van der Waals surface area (Å²) in [5.41, 5.74) is 3.37. The summed E-state index contributed by atoms with van der Waals surface area (Å²) in [6.45, 7) is 2.06. The van der Waals surface area contributed by atoms with Gasteiger partial charge in [-0.3, -0.25) is 14.6 Å². The molecule has 1 aromatic carbocycles. The SMILES string of the molecule is Cc1ccc(-n2[nH]c(=O)cc2C2CC2)cc1. The number of nitrogens with zero attached hydrogens (tertiary/aromatic N) is 1. The van der Waals surface area contributed by atoms with E-state index in [1.807, 2.05) is 16.8 Å². The van der Waals surface area contributed by atoms with Crippen molar-refractivity contribution in [3.63, 3.8) is 0 Å². The monoisotopic (exact) mass is 214 g/mol. The Hall–Kier alpha value is -1.77. The number of aromatic amines is 1. The third kappa shape index (κ3) is 1.58. The molecule has 3 heteroatoms. The molecule has 0 aliphatic heterocycles. The van der Waals surface area contributed by atoms with Gasteiger partial charge in [0.2, 0.25) is 0 Å². The molecule has 1 aromatic heterocycles. The van der Waals surface area contributed by atoms with E-state index in [0.29, 0.717) is 5.92 Å². The molecule has 0 spiro atoms. The van der Waals surface area contributed by atoms with Gasteiger partial charge < -0.3 is 0 Å². The predicted octanol–water partition coefficient (Wildman–Crippen LogP) is 2.35. The molecule has 0 unspecified atom stereocenters. The summed E-state index contributed by atoms with van der Waals surface area (Å²) in [5.74, 6) is 0.570. The Morgan fingerprint density at radius 2 is 1.94 bits per heavy atom. The van der Waals surface area contributed by atoms with Crippen molar-refractivity contribution in [2.24, 2.45) is 0 Å². The number of hydrogen-bond acceptors (Lipinski definition) is 1. The molecule has 0 atom stereocenters. The smallest absolute Gasteiger partial charge is 0.264 e. The molecule has 1 aliphatic carbocycles. The largest absolute Gasteiger partial charge is 0.268 e. The number of H-pyrrole nitrogens is 1. The normalized spacial score (nSPS) is 15.3. The van der Waals surface area contributed by atoms with Gasteiger partial charge in [0.05, 0.1) is 5.69 Å². The van der Waals surface area contributed by atoms with Gasteiger partial charge in [0.1, 0.15) is 0 Å². The van der Waals surface area contributed by atoms with Crippen LogP contribution < -0.4 is 5.56 Å². The van der Waals surface area contributed by atoms with Crippen molar-refractivity contribution < 1.29 is 0 Å². The lowest BCUT2D eigenvalue weighted by atomic mass is 10.2.